The molecule has 0 atom stereocenters. The normalized spacial score (nSPS) is 18.2. The minimum Gasteiger partial charge on any atom is -0.392 e. The maximum absolute atomic E-state index is 12.6. The summed E-state index contributed by atoms with van der Waals surface area (Å²) in [5, 5.41) is 3.02. The van der Waals surface area contributed by atoms with E-state index < -0.39 is 5.41 Å². The summed E-state index contributed by atoms with van der Waals surface area (Å²) in [6, 6.07) is 4.00. The largest absolute Gasteiger partial charge is 0.392 e. The van der Waals surface area contributed by atoms with Crippen molar-refractivity contribution in [2.45, 2.75) is 45.1 Å². The summed E-state index contributed by atoms with van der Waals surface area (Å²) >= 11 is 10.3. The van der Waals surface area contributed by atoms with Gasteiger partial charge in [-0.25, -0.2) is 0 Å². The number of amides is 1. The molecule has 3 nitrogen and oxygen atoms in total. The van der Waals surface area contributed by atoms with Crippen molar-refractivity contribution in [3.63, 3.8) is 0 Å². The van der Waals surface area contributed by atoms with Gasteiger partial charge in [0.15, 0.2) is 0 Å². The fourth-order valence-corrected chi connectivity index (χ4v) is 4.42. The van der Waals surface area contributed by atoms with Gasteiger partial charge in [0.1, 0.15) is 0 Å². The van der Waals surface area contributed by atoms with Crippen LogP contribution in [0.1, 0.15) is 43.4 Å². The van der Waals surface area contributed by atoms with Crippen LogP contribution in [0, 0.1) is 5.41 Å². The van der Waals surface area contributed by atoms with E-state index in [2.05, 4.69) is 21.2 Å². The molecule has 1 aromatic rings. The molecule has 3 N–H and O–H groups in total. The quantitative estimate of drug-likeness (QED) is 0.623. The van der Waals surface area contributed by atoms with Crippen molar-refractivity contribution in [1.82, 2.24) is 5.32 Å². The molecule has 1 aromatic heterocycles. The Morgan fingerprint density at radius 2 is 2.00 bits per heavy atom. The number of carbonyl (C=O) groups excluding carboxylic acids is 1. The fraction of sp³-hybridized carbons (Fsp3) is 0.571. The molecule has 0 saturated heterocycles. The van der Waals surface area contributed by atoms with Gasteiger partial charge in [-0.2, -0.15) is 0 Å². The van der Waals surface area contributed by atoms with Crippen LogP contribution in [0.4, 0.5) is 0 Å². The first-order valence-corrected chi connectivity index (χ1v) is 8.89. The van der Waals surface area contributed by atoms with E-state index in [9.17, 15) is 4.79 Å². The third kappa shape index (κ3) is 3.59. The second-order valence-electron chi connectivity index (χ2n) is 5.25. The number of nitrogens with one attached hydrogen (secondary N) is 1. The second-order valence-corrected chi connectivity index (χ2v) is 8.24. The molecule has 1 fully saturated rings. The summed E-state index contributed by atoms with van der Waals surface area (Å²) < 4.78 is 1.07. The van der Waals surface area contributed by atoms with Gasteiger partial charge in [-0.15, -0.1) is 11.3 Å². The SMILES string of the molecule is NC(=S)C1(C(=O)NCc2ccc(Br)s2)CCCCCC1. The van der Waals surface area contributed by atoms with Gasteiger partial charge in [0.25, 0.3) is 0 Å². The molecule has 0 aliphatic heterocycles. The second kappa shape index (κ2) is 7.00. The van der Waals surface area contributed by atoms with Crippen molar-refractivity contribution in [2.75, 3.05) is 0 Å². The molecule has 1 amide bonds. The number of hydrogen-bond donors (Lipinski definition) is 2. The first-order chi connectivity index (χ1) is 9.54. The summed E-state index contributed by atoms with van der Waals surface area (Å²) in [4.78, 5) is 14.1. The van der Waals surface area contributed by atoms with Crippen molar-refractivity contribution < 1.29 is 4.79 Å². The van der Waals surface area contributed by atoms with E-state index in [1.54, 1.807) is 11.3 Å². The van der Waals surface area contributed by atoms with Crippen LogP contribution in [0.5, 0.6) is 0 Å². The first kappa shape index (κ1) is 15.9. The van der Waals surface area contributed by atoms with Crippen LogP contribution in [0.15, 0.2) is 15.9 Å². The van der Waals surface area contributed by atoms with Crippen LogP contribution in [-0.2, 0) is 11.3 Å². The third-order valence-electron chi connectivity index (χ3n) is 3.92. The molecule has 0 unspecified atom stereocenters. The van der Waals surface area contributed by atoms with E-state index in [0.29, 0.717) is 11.5 Å². The standard InChI is InChI=1S/C14H19BrN2OS2/c15-11-6-5-10(20-11)9-17-13(18)14(12(16)19)7-3-1-2-4-8-14/h5-6H,1-4,7-9H2,(H2,16,19)(H,17,18). The Morgan fingerprint density at radius 3 is 2.50 bits per heavy atom. The van der Waals surface area contributed by atoms with Gasteiger partial charge in [0.05, 0.1) is 20.7 Å². The van der Waals surface area contributed by atoms with Gasteiger partial charge in [0, 0.05) is 4.88 Å². The Balaban J connectivity index is 2.05. The number of rotatable bonds is 4. The smallest absolute Gasteiger partial charge is 0.233 e. The highest BCUT2D eigenvalue weighted by molar-refractivity contribution is 9.11. The number of halogens is 1. The molecule has 0 radical (unpaired) electrons. The Bertz CT molecular complexity index is 493. The van der Waals surface area contributed by atoms with E-state index in [0.717, 1.165) is 47.2 Å². The summed E-state index contributed by atoms with van der Waals surface area (Å²) in [6.45, 7) is 0.541. The zero-order chi connectivity index (χ0) is 14.6. The molecular weight excluding hydrogens is 356 g/mol. The fourth-order valence-electron chi connectivity index (χ4n) is 2.70. The van der Waals surface area contributed by atoms with Gasteiger partial charge in [-0.1, -0.05) is 37.9 Å². The molecule has 2 rings (SSSR count). The van der Waals surface area contributed by atoms with Crippen molar-refractivity contribution in [1.29, 1.82) is 0 Å². The number of hydrogen-bond acceptors (Lipinski definition) is 3. The van der Waals surface area contributed by atoms with Gasteiger partial charge in [-0.3, -0.25) is 4.79 Å². The van der Waals surface area contributed by atoms with Crippen LogP contribution in [0.25, 0.3) is 0 Å². The lowest BCUT2D eigenvalue weighted by atomic mass is 9.79. The van der Waals surface area contributed by atoms with E-state index >= 15 is 0 Å². The first-order valence-electron chi connectivity index (χ1n) is 6.87. The molecule has 0 spiro atoms. The maximum Gasteiger partial charge on any atom is 0.233 e. The molecule has 110 valence electrons. The highest BCUT2D eigenvalue weighted by atomic mass is 79.9. The van der Waals surface area contributed by atoms with E-state index in [1.165, 1.54) is 0 Å². The van der Waals surface area contributed by atoms with Gasteiger partial charge >= 0.3 is 0 Å². The molecular formula is C14H19BrN2OS2. The lowest BCUT2D eigenvalue weighted by Crippen LogP contribution is -2.48. The third-order valence-corrected chi connectivity index (χ3v) is 5.93. The van der Waals surface area contributed by atoms with E-state index in [-0.39, 0.29) is 5.91 Å². The molecule has 1 aliphatic carbocycles. The number of thiocarbonyl (C=S) groups is 1. The molecule has 0 aromatic carbocycles. The van der Waals surface area contributed by atoms with Crippen LogP contribution in [0.2, 0.25) is 0 Å². The van der Waals surface area contributed by atoms with E-state index in [1.807, 2.05) is 12.1 Å². The van der Waals surface area contributed by atoms with Crippen molar-refractivity contribution in [3.8, 4) is 0 Å². The number of thiophene rings is 1. The number of nitrogens with two attached hydrogens (primary N) is 1. The molecule has 1 saturated carbocycles. The van der Waals surface area contributed by atoms with Crippen LogP contribution < -0.4 is 11.1 Å². The predicted molar refractivity (Wildman–Crippen MR) is 90.8 cm³/mol. The van der Waals surface area contributed by atoms with Crippen LogP contribution in [-0.4, -0.2) is 10.9 Å². The summed E-state index contributed by atoms with van der Waals surface area (Å²) in [5.41, 5.74) is 5.27. The minimum absolute atomic E-state index is 0.00331. The number of carbonyl (C=O) groups is 1. The Hall–Kier alpha value is -0.460. The van der Waals surface area contributed by atoms with Crippen molar-refractivity contribution in [2.24, 2.45) is 11.1 Å². The van der Waals surface area contributed by atoms with Crippen molar-refractivity contribution in [3.05, 3.63) is 20.8 Å². The maximum atomic E-state index is 12.6. The average Bonchev–Trinajstić information content (AvgIpc) is 2.68. The molecule has 0 bridgehead atoms. The molecule has 1 aliphatic rings. The summed E-state index contributed by atoms with van der Waals surface area (Å²) in [5.74, 6) is -0.00331. The zero-order valence-electron chi connectivity index (χ0n) is 11.3. The monoisotopic (exact) mass is 374 g/mol. The Labute approximate surface area is 137 Å². The Kier molecular flexibility index (Phi) is 5.57. The lowest BCUT2D eigenvalue weighted by molar-refractivity contribution is -0.128. The van der Waals surface area contributed by atoms with Crippen molar-refractivity contribution >= 4 is 50.4 Å². The van der Waals surface area contributed by atoms with Gasteiger partial charge in [0.2, 0.25) is 5.91 Å². The average molecular weight is 375 g/mol. The summed E-state index contributed by atoms with van der Waals surface area (Å²) in [6.07, 6.45) is 5.93. The lowest BCUT2D eigenvalue weighted by Gasteiger charge is -2.30. The highest BCUT2D eigenvalue weighted by Gasteiger charge is 2.41. The topological polar surface area (TPSA) is 55.1 Å². The molecule has 1 heterocycles. The van der Waals surface area contributed by atoms with Crippen LogP contribution in [0.3, 0.4) is 0 Å². The zero-order valence-corrected chi connectivity index (χ0v) is 14.5. The minimum atomic E-state index is -0.639. The predicted octanol–water partition coefficient (Wildman–Crippen LogP) is 3.75. The van der Waals surface area contributed by atoms with Gasteiger partial charge in [-0.05, 0) is 40.9 Å². The molecule has 6 heteroatoms. The Morgan fingerprint density at radius 1 is 1.35 bits per heavy atom. The highest BCUT2D eigenvalue weighted by Crippen LogP contribution is 2.36. The summed E-state index contributed by atoms with van der Waals surface area (Å²) in [7, 11) is 0. The molecule has 20 heavy (non-hydrogen) atoms. The van der Waals surface area contributed by atoms with Crippen LogP contribution >= 0.6 is 39.5 Å². The van der Waals surface area contributed by atoms with E-state index in [4.69, 9.17) is 18.0 Å². The van der Waals surface area contributed by atoms with Gasteiger partial charge < -0.3 is 11.1 Å².